The van der Waals surface area contributed by atoms with Crippen LogP contribution in [-0.2, 0) is 6.42 Å². The van der Waals surface area contributed by atoms with Crippen LogP contribution < -0.4 is 9.47 Å². The van der Waals surface area contributed by atoms with Gasteiger partial charge in [0, 0.05) is 17.5 Å². The summed E-state index contributed by atoms with van der Waals surface area (Å²) >= 11 is 6.92. The normalized spacial score (nSPS) is 10.4. The molecule has 0 bridgehead atoms. The molecule has 0 N–H and O–H groups in total. The summed E-state index contributed by atoms with van der Waals surface area (Å²) in [5, 5.41) is 0. The third-order valence-corrected chi connectivity index (χ3v) is 5.04. The maximum absolute atomic E-state index is 11.0. The van der Waals surface area contributed by atoms with Crippen molar-refractivity contribution in [2.45, 2.75) is 6.42 Å². The Kier molecular flexibility index (Phi) is 6.12. The van der Waals surface area contributed by atoms with Crippen LogP contribution >= 0.6 is 31.9 Å². The molecule has 0 aromatic heterocycles. The molecule has 0 unspecified atom stereocenters. The van der Waals surface area contributed by atoms with Gasteiger partial charge in [0.1, 0.15) is 17.8 Å². The summed E-state index contributed by atoms with van der Waals surface area (Å²) in [4.78, 5) is 11.0. The predicted octanol–water partition coefficient (Wildman–Crippen LogP) is 6.42. The van der Waals surface area contributed by atoms with Crippen LogP contribution in [-0.4, -0.2) is 13.4 Å². The van der Waals surface area contributed by atoms with Gasteiger partial charge < -0.3 is 9.47 Å². The molecular weight excluding hydrogens is 460 g/mol. The fourth-order valence-corrected chi connectivity index (χ4v) is 4.02. The Morgan fingerprint density at radius 1 is 0.962 bits per heavy atom. The minimum Gasteiger partial charge on any atom is -0.496 e. The number of halogens is 2. The Morgan fingerprint density at radius 2 is 1.65 bits per heavy atom. The third kappa shape index (κ3) is 4.34. The van der Waals surface area contributed by atoms with Crippen LogP contribution in [0.15, 0.2) is 69.6 Å². The van der Waals surface area contributed by atoms with Crippen molar-refractivity contribution in [3.63, 3.8) is 0 Å². The topological polar surface area (TPSA) is 35.5 Å². The van der Waals surface area contributed by atoms with Crippen LogP contribution in [0, 0.1) is 0 Å². The first-order valence-corrected chi connectivity index (χ1v) is 9.52. The highest BCUT2D eigenvalue weighted by Gasteiger charge is 2.12. The number of methoxy groups -OCH3 is 1. The molecular formula is C21H16Br2O3. The molecule has 0 aliphatic heterocycles. The molecule has 3 aromatic rings. The molecule has 5 heteroatoms. The van der Waals surface area contributed by atoms with Gasteiger partial charge in [0.05, 0.1) is 16.1 Å². The number of carbonyl (C=O) groups excluding carboxylic acids is 1. The highest BCUT2D eigenvalue weighted by atomic mass is 79.9. The Morgan fingerprint density at radius 3 is 2.27 bits per heavy atom. The lowest BCUT2D eigenvalue weighted by Crippen LogP contribution is -1.96. The second-order valence-electron chi connectivity index (χ2n) is 5.67. The molecule has 0 heterocycles. The van der Waals surface area contributed by atoms with Crippen molar-refractivity contribution in [1.29, 1.82) is 0 Å². The van der Waals surface area contributed by atoms with Gasteiger partial charge in [-0.15, -0.1) is 0 Å². The van der Waals surface area contributed by atoms with E-state index in [1.54, 1.807) is 19.2 Å². The number of benzene rings is 3. The molecule has 0 saturated heterocycles. The smallest absolute Gasteiger partial charge is 0.155 e. The number of rotatable bonds is 6. The largest absolute Gasteiger partial charge is 0.496 e. The number of carbonyl (C=O) groups is 1. The summed E-state index contributed by atoms with van der Waals surface area (Å²) in [5.41, 5.74) is 2.80. The first-order chi connectivity index (χ1) is 12.6. The standard InChI is InChI=1S/C21H16Br2O3/c1-25-20-8-7-17(12-16(20)9-14-5-3-2-4-6-14)26-21-18(22)10-15(13-24)11-19(21)23/h2-8,10-13H,9H2,1H3. The van der Waals surface area contributed by atoms with E-state index < -0.39 is 0 Å². The van der Waals surface area contributed by atoms with Crippen molar-refractivity contribution >= 4 is 38.1 Å². The molecule has 3 nitrogen and oxygen atoms in total. The highest BCUT2D eigenvalue weighted by Crippen LogP contribution is 2.38. The van der Waals surface area contributed by atoms with Crippen LogP contribution in [0.5, 0.6) is 17.2 Å². The van der Waals surface area contributed by atoms with Gasteiger partial charge in [0.2, 0.25) is 0 Å². The summed E-state index contributed by atoms with van der Waals surface area (Å²) in [7, 11) is 1.66. The van der Waals surface area contributed by atoms with E-state index in [4.69, 9.17) is 9.47 Å². The third-order valence-electron chi connectivity index (χ3n) is 3.87. The quantitative estimate of drug-likeness (QED) is 0.386. The summed E-state index contributed by atoms with van der Waals surface area (Å²) in [6, 6.07) is 19.4. The second-order valence-corrected chi connectivity index (χ2v) is 7.38. The first kappa shape index (κ1) is 18.7. The summed E-state index contributed by atoms with van der Waals surface area (Å²) < 4.78 is 12.9. The van der Waals surface area contributed by atoms with Gasteiger partial charge in [-0.1, -0.05) is 30.3 Å². The minimum atomic E-state index is 0.565. The van der Waals surface area contributed by atoms with Crippen molar-refractivity contribution in [3.05, 3.63) is 86.3 Å². The maximum Gasteiger partial charge on any atom is 0.155 e. The molecule has 0 atom stereocenters. The van der Waals surface area contributed by atoms with E-state index in [9.17, 15) is 4.79 Å². The Hall–Kier alpha value is -2.11. The van der Waals surface area contributed by atoms with E-state index in [2.05, 4.69) is 44.0 Å². The van der Waals surface area contributed by atoms with E-state index in [-0.39, 0.29) is 0 Å². The molecule has 0 spiro atoms. The van der Waals surface area contributed by atoms with Gasteiger partial charge in [0.25, 0.3) is 0 Å². The molecule has 26 heavy (non-hydrogen) atoms. The van der Waals surface area contributed by atoms with Crippen LogP contribution in [0.2, 0.25) is 0 Å². The van der Waals surface area contributed by atoms with Gasteiger partial charge in [-0.2, -0.15) is 0 Å². The maximum atomic E-state index is 11.0. The van der Waals surface area contributed by atoms with Crippen molar-refractivity contribution in [3.8, 4) is 17.2 Å². The monoisotopic (exact) mass is 474 g/mol. The molecule has 0 amide bonds. The molecule has 3 aromatic carbocycles. The van der Waals surface area contributed by atoms with E-state index in [0.29, 0.717) is 26.0 Å². The Balaban J connectivity index is 1.92. The Labute approximate surface area is 169 Å². The van der Waals surface area contributed by atoms with Crippen LogP contribution in [0.4, 0.5) is 0 Å². The van der Waals surface area contributed by atoms with Crippen molar-refractivity contribution in [2.75, 3.05) is 7.11 Å². The zero-order valence-corrected chi connectivity index (χ0v) is 17.2. The number of ether oxygens (including phenoxy) is 2. The van der Waals surface area contributed by atoms with Crippen LogP contribution in [0.25, 0.3) is 0 Å². The lowest BCUT2D eigenvalue weighted by Gasteiger charge is -2.14. The molecule has 132 valence electrons. The van der Waals surface area contributed by atoms with E-state index in [0.717, 1.165) is 24.0 Å². The van der Waals surface area contributed by atoms with E-state index in [1.165, 1.54) is 5.56 Å². The summed E-state index contributed by atoms with van der Waals surface area (Å²) in [6.45, 7) is 0. The van der Waals surface area contributed by atoms with Crippen LogP contribution in [0.3, 0.4) is 0 Å². The SMILES string of the molecule is COc1ccc(Oc2c(Br)cc(C=O)cc2Br)cc1Cc1ccccc1. The van der Waals surface area contributed by atoms with Gasteiger partial charge in [0.15, 0.2) is 5.75 Å². The number of hydrogen-bond acceptors (Lipinski definition) is 3. The molecule has 0 saturated carbocycles. The van der Waals surface area contributed by atoms with Gasteiger partial charge >= 0.3 is 0 Å². The Bertz CT molecular complexity index is 901. The molecule has 0 aliphatic rings. The average Bonchev–Trinajstić information content (AvgIpc) is 2.65. The fourth-order valence-electron chi connectivity index (χ4n) is 2.64. The van der Waals surface area contributed by atoms with Gasteiger partial charge in [-0.05, 0) is 67.8 Å². The molecule has 0 fully saturated rings. The lowest BCUT2D eigenvalue weighted by molar-refractivity contribution is 0.112. The summed E-state index contributed by atoms with van der Waals surface area (Å²) in [6.07, 6.45) is 1.54. The van der Waals surface area contributed by atoms with Crippen molar-refractivity contribution in [1.82, 2.24) is 0 Å². The first-order valence-electron chi connectivity index (χ1n) is 7.93. The van der Waals surface area contributed by atoms with Gasteiger partial charge in [-0.25, -0.2) is 0 Å². The molecule has 0 radical (unpaired) electrons. The average molecular weight is 476 g/mol. The number of hydrogen-bond donors (Lipinski definition) is 0. The minimum absolute atomic E-state index is 0.565. The van der Waals surface area contributed by atoms with Gasteiger partial charge in [-0.3, -0.25) is 4.79 Å². The second kappa shape index (κ2) is 8.52. The highest BCUT2D eigenvalue weighted by molar-refractivity contribution is 9.11. The fraction of sp³-hybridized carbons (Fsp3) is 0.0952. The number of aldehydes is 1. The zero-order chi connectivity index (χ0) is 18.5. The van der Waals surface area contributed by atoms with E-state index >= 15 is 0 Å². The molecule has 3 rings (SSSR count). The lowest BCUT2D eigenvalue weighted by atomic mass is 10.0. The van der Waals surface area contributed by atoms with Crippen molar-refractivity contribution < 1.29 is 14.3 Å². The molecule has 0 aliphatic carbocycles. The van der Waals surface area contributed by atoms with Crippen LogP contribution in [0.1, 0.15) is 21.5 Å². The van der Waals surface area contributed by atoms with Crippen molar-refractivity contribution in [2.24, 2.45) is 0 Å². The zero-order valence-electron chi connectivity index (χ0n) is 14.0. The van der Waals surface area contributed by atoms with E-state index in [1.807, 2.05) is 36.4 Å². The predicted molar refractivity (Wildman–Crippen MR) is 110 cm³/mol. The summed E-state index contributed by atoms with van der Waals surface area (Å²) in [5.74, 6) is 2.12.